The third-order valence-electron chi connectivity index (χ3n) is 3.25. The normalized spacial score (nSPS) is 11.3. The predicted octanol–water partition coefficient (Wildman–Crippen LogP) is 2.13. The topological polar surface area (TPSA) is 102 Å². The molecule has 3 rings (SSSR count). The predicted molar refractivity (Wildman–Crippen MR) is 87.5 cm³/mol. The first-order valence-corrected chi connectivity index (χ1v) is 8.28. The molecule has 1 heterocycles. The van der Waals surface area contributed by atoms with Crippen molar-refractivity contribution in [2.24, 2.45) is 5.14 Å². The van der Waals surface area contributed by atoms with Crippen molar-refractivity contribution in [3.05, 3.63) is 66.4 Å². The van der Waals surface area contributed by atoms with Gasteiger partial charge in [0, 0.05) is 11.1 Å². The van der Waals surface area contributed by atoms with Crippen molar-refractivity contribution in [3.8, 4) is 0 Å². The van der Waals surface area contributed by atoms with E-state index >= 15 is 0 Å². The van der Waals surface area contributed by atoms with Crippen molar-refractivity contribution in [2.45, 2.75) is 4.90 Å². The van der Waals surface area contributed by atoms with Crippen LogP contribution in [0, 0.1) is 0 Å². The third kappa shape index (κ3) is 3.36. The molecule has 0 bridgehead atoms. The fraction of sp³-hybridized carbons (Fsp3) is 0. The van der Waals surface area contributed by atoms with Gasteiger partial charge in [0.25, 0.3) is 5.91 Å². The van der Waals surface area contributed by atoms with Gasteiger partial charge in [0.1, 0.15) is 5.69 Å². The van der Waals surface area contributed by atoms with Crippen LogP contribution < -0.4 is 10.5 Å². The molecule has 0 fully saturated rings. The zero-order valence-corrected chi connectivity index (χ0v) is 12.7. The summed E-state index contributed by atoms with van der Waals surface area (Å²) in [7, 11) is -3.82. The van der Waals surface area contributed by atoms with Crippen LogP contribution in [0.25, 0.3) is 10.9 Å². The number of hydrogen-bond donors (Lipinski definition) is 2. The van der Waals surface area contributed by atoms with Crippen molar-refractivity contribution in [1.82, 2.24) is 4.98 Å². The number of anilines is 1. The molecule has 0 unspecified atom stereocenters. The Morgan fingerprint density at radius 2 is 1.78 bits per heavy atom. The summed E-state index contributed by atoms with van der Waals surface area (Å²) >= 11 is 0. The summed E-state index contributed by atoms with van der Waals surface area (Å²) in [6.45, 7) is 0. The number of benzene rings is 2. The molecule has 1 aromatic heterocycles. The molecule has 23 heavy (non-hydrogen) atoms. The molecule has 3 N–H and O–H groups in total. The quantitative estimate of drug-likeness (QED) is 0.769. The average Bonchev–Trinajstić information content (AvgIpc) is 2.54. The Balaban J connectivity index is 1.88. The lowest BCUT2D eigenvalue weighted by molar-refractivity contribution is 0.102. The van der Waals surface area contributed by atoms with E-state index in [0.717, 1.165) is 5.39 Å². The number of rotatable bonds is 3. The Labute approximate surface area is 133 Å². The number of amides is 1. The van der Waals surface area contributed by atoms with E-state index in [0.29, 0.717) is 11.2 Å². The Morgan fingerprint density at radius 3 is 2.57 bits per heavy atom. The number of pyridine rings is 1. The molecule has 1 amide bonds. The van der Waals surface area contributed by atoms with Crippen LogP contribution in [0.4, 0.5) is 5.69 Å². The maximum atomic E-state index is 12.3. The van der Waals surface area contributed by atoms with Crippen LogP contribution in [0.3, 0.4) is 0 Å². The minimum Gasteiger partial charge on any atom is -0.321 e. The van der Waals surface area contributed by atoms with Crippen LogP contribution in [-0.2, 0) is 10.0 Å². The van der Waals surface area contributed by atoms with E-state index in [1.165, 1.54) is 18.2 Å². The zero-order chi connectivity index (χ0) is 16.4. The number of fused-ring (bicyclic) bond motifs is 1. The van der Waals surface area contributed by atoms with E-state index in [1.54, 1.807) is 18.2 Å². The maximum absolute atomic E-state index is 12.3. The SMILES string of the molecule is NS(=O)(=O)c1cccc(NC(=O)c2ccc3ccccc3n2)c1. The largest absolute Gasteiger partial charge is 0.321 e. The second-order valence-corrected chi connectivity index (χ2v) is 6.48. The van der Waals surface area contributed by atoms with E-state index in [9.17, 15) is 13.2 Å². The first kappa shape index (κ1) is 15.1. The van der Waals surface area contributed by atoms with Gasteiger partial charge >= 0.3 is 0 Å². The van der Waals surface area contributed by atoms with Gasteiger partial charge in [-0.25, -0.2) is 18.5 Å². The number of carbonyl (C=O) groups excluding carboxylic acids is 1. The summed E-state index contributed by atoms with van der Waals surface area (Å²) in [5.41, 5.74) is 1.28. The first-order valence-electron chi connectivity index (χ1n) is 6.73. The second kappa shape index (κ2) is 5.79. The van der Waals surface area contributed by atoms with Crippen LogP contribution >= 0.6 is 0 Å². The third-order valence-corrected chi connectivity index (χ3v) is 4.16. The van der Waals surface area contributed by atoms with Gasteiger partial charge in [0.05, 0.1) is 10.4 Å². The molecule has 3 aromatic rings. The maximum Gasteiger partial charge on any atom is 0.274 e. The molecule has 0 spiro atoms. The minimum absolute atomic E-state index is 0.0678. The lowest BCUT2D eigenvalue weighted by Gasteiger charge is -2.07. The highest BCUT2D eigenvalue weighted by atomic mass is 32.2. The van der Waals surface area contributed by atoms with Crippen LogP contribution in [-0.4, -0.2) is 19.3 Å². The summed E-state index contributed by atoms with van der Waals surface area (Å²) in [6, 6.07) is 16.6. The first-order chi connectivity index (χ1) is 10.9. The van der Waals surface area contributed by atoms with E-state index in [4.69, 9.17) is 5.14 Å². The molecular weight excluding hydrogens is 314 g/mol. The second-order valence-electron chi connectivity index (χ2n) is 4.92. The molecule has 0 atom stereocenters. The van der Waals surface area contributed by atoms with E-state index in [2.05, 4.69) is 10.3 Å². The summed E-state index contributed by atoms with van der Waals surface area (Å²) in [5.74, 6) is -0.428. The van der Waals surface area contributed by atoms with Crippen LogP contribution in [0.5, 0.6) is 0 Å². The highest BCUT2D eigenvalue weighted by molar-refractivity contribution is 7.89. The molecule has 7 heteroatoms. The Kier molecular flexibility index (Phi) is 3.81. The molecule has 6 nitrogen and oxygen atoms in total. The van der Waals surface area contributed by atoms with E-state index < -0.39 is 15.9 Å². The van der Waals surface area contributed by atoms with Crippen LogP contribution in [0.2, 0.25) is 0 Å². The molecule has 0 aliphatic carbocycles. The molecule has 116 valence electrons. The molecule has 0 saturated carbocycles. The van der Waals surface area contributed by atoms with Crippen molar-refractivity contribution < 1.29 is 13.2 Å². The van der Waals surface area contributed by atoms with Crippen molar-refractivity contribution in [1.29, 1.82) is 0 Å². The minimum atomic E-state index is -3.82. The highest BCUT2D eigenvalue weighted by Crippen LogP contribution is 2.16. The van der Waals surface area contributed by atoms with Gasteiger partial charge in [-0.3, -0.25) is 4.79 Å². The number of primary sulfonamides is 1. The summed E-state index contributed by atoms with van der Waals surface area (Å²) in [4.78, 5) is 16.5. The molecular formula is C16H13N3O3S. The summed E-state index contributed by atoms with van der Waals surface area (Å²) in [6.07, 6.45) is 0. The Morgan fingerprint density at radius 1 is 1.00 bits per heavy atom. The number of para-hydroxylation sites is 1. The van der Waals surface area contributed by atoms with Gasteiger partial charge in [-0.05, 0) is 30.3 Å². The molecule has 0 aliphatic rings. The molecule has 0 aliphatic heterocycles. The molecule has 0 radical (unpaired) electrons. The van der Waals surface area contributed by atoms with Crippen molar-refractivity contribution >= 4 is 32.5 Å². The standard InChI is InChI=1S/C16H13N3O3S/c17-23(21,22)13-6-3-5-12(10-13)18-16(20)15-9-8-11-4-1-2-7-14(11)19-15/h1-10H,(H,18,20)(H2,17,21,22). The number of carbonyl (C=O) groups is 1. The Hall–Kier alpha value is -2.77. The number of aromatic nitrogens is 1. The lowest BCUT2D eigenvalue weighted by Crippen LogP contribution is -2.15. The van der Waals surface area contributed by atoms with Crippen molar-refractivity contribution in [3.63, 3.8) is 0 Å². The van der Waals surface area contributed by atoms with E-state index in [-0.39, 0.29) is 10.6 Å². The van der Waals surface area contributed by atoms with Crippen LogP contribution in [0.1, 0.15) is 10.5 Å². The smallest absolute Gasteiger partial charge is 0.274 e. The van der Waals surface area contributed by atoms with Gasteiger partial charge in [0.2, 0.25) is 10.0 Å². The van der Waals surface area contributed by atoms with Gasteiger partial charge in [-0.1, -0.05) is 30.3 Å². The summed E-state index contributed by atoms with van der Waals surface area (Å²) in [5, 5.41) is 8.62. The number of nitrogens with one attached hydrogen (secondary N) is 1. The monoisotopic (exact) mass is 327 g/mol. The van der Waals surface area contributed by atoms with Gasteiger partial charge in [-0.2, -0.15) is 0 Å². The number of hydrogen-bond acceptors (Lipinski definition) is 4. The van der Waals surface area contributed by atoms with Crippen molar-refractivity contribution in [2.75, 3.05) is 5.32 Å². The fourth-order valence-corrected chi connectivity index (χ4v) is 2.70. The lowest BCUT2D eigenvalue weighted by atomic mass is 10.2. The number of sulfonamides is 1. The average molecular weight is 327 g/mol. The zero-order valence-electron chi connectivity index (χ0n) is 11.9. The highest BCUT2D eigenvalue weighted by Gasteiger charge is 2.11. The fourth-order valence-electron chi connectivity index (χ4n) is 2.14. The van der Waals surface area contributed by atoms with E-state index in [1.807, 2.05) is 24.3 Å². The summed E-state index contributed by atoms with van der Waals surface area (Å²) < 4.78 is 22.7. The van der Waals surface area contributed by atoms with Gasteiger partial charge in [-0.15, -0.1) is 0 Å². The van der Waals surface area contributed by atoms with Crippen LogP contribution in [0.15, 0.2) is 65.6 Å². The number of nitrogens with two attached hydrogens (primary N) is 1. The Bertz CT molecular complexity index is 1000. The molecule has 0 saturated heterocycles. The van der Waals surface area contributed by atoms with Gasteiger partial charge in [0.15, 0.2) is 0 Å². The number of nitrogens with zero attached hydrogens (tertiary/aromatic N) is 1. The van der Waals surface area contributed by atoms with Gasteiger partial charge < -0.3 is 5.32 Å². The molecule has 2 aromatic carbocycles.